The lowest BCUT2D eigenvalue weighted by atomic mass is 9.99. The van der Waals surface area contributed by atoms with E-state index in [0.717, 1.165) is 5.56 Å². The summed E-state index contributed by atoms with van der Waals surface area (Å²) in [6, 6.07) is 6.21. The smallest absolute Gasteiger partial charge is 0.408 e. The van der Waals surface area contributed by atoms with Gasteiger partial charge in [-0.05, 0) is 42.6 Å². The molecule has 3 N–H and O–H groups in total. The molecule has 1 aromatic carbocycles. The Labute approximate surface area is 220 Å². The van der Waals surface area contributed by atoms with Gasteiger partial charge in [0.2, 0.25) is 11.8 Å². The van der Waals surface area contributed by atoms with Gasteiger partial charge in [-0.2, -0.15) is 8.42 Å². The highest BCUT2D eigenvalue weighted by atomic mass is 32.3. The van der Waals surface area contributed by atoms with Crippen LogP contribution in [-0.2, 0) is 31.2 Å². The van der Waals surface area contributed by atoms with Gasteiger partial charge in [0.15, 0.2) is 0 Å². The molecule has 9 nitrogen and oxygen atoms in total. The Kier molecular flexibility index (Phi) is 13.6. The molecule has 0 saturated carbocycles. The van der Waals surface area contributed by atoms with Gasteiger partial charge >= 0.3 is 16.3 Å². The van der Waals surface area contributed by atoms with Gasteiger partial charge in [0.1, 0.15) is 24.4 Å². The number of amides is 3. The van der Waals surface area contributed by atoms with Crippen LogP contribution in [0.5, 0.6) is 0 Å². The number of nitrogens with one attached hydrogen (secondary N) is 3. The maximum atomic E-state index is 13.4. The second-order valence-electron chi connectivity index (χ2n) is 10.6. The van der Waals surface area contributed by atoms with E-state index >= 15 is 0 Å². The van der Waals surface area contributed by atoms with Crippen LogP contribution in [0.2, 0.25) is 0 Å². The Morgan fingerprint density at radius 3 is 1.76 bits per heavy atom. The molecule has 0 saturated heterocycles. The van der Waals surface area contributed by atoms with E-state index < -0.39 is 52.0 Å². The van der Waals surface area contributed by atoms with Gasteiger partial charge in [0.25, 0.3) is 0 Å². The van der Waals surface area contributed by atoms with Crippen molar-refractivity contribution in [2.75, 3.05) is 5.75 Å². The Balaban J connectivity index is 2.94. The van der Waals surface area contributed by atoms with Crippen LogP contribution in [0.15, 0.2) is 30.3 Å². The van der Waals surface area contributed by atoms with Crippen molar-refractivity contribution >= 4 is 28.1 Å². The third-order valence-electron chi connectivity index (χ3n) is 5.37. The van der Waals surface area contributed by atoms with Crippen molar-refractivity contribution in [1.29, 1.82) is 0 Å². The van der Waals surface area contributed by atoms with E-state index in [2.05, 4.69) is 16.0 Å². The number of benzene rings is 1. The van der Waals surface area contributed by atoms with Gasteiger partial charge < -0.3 is 20.7 Å². The van der Waals surface area contributed by atoms with Crippen LogP contribution in [-0.4, -0.2) is 50.2 Å². The Bertz CT molecular complexity index is 970. The average molecular weight is 544 g/mol. The standard InChI is InChI=1S/C26H42FN3O6S/c1-17(2)12-21(16-37(27,34)35)28-24(31)22(13-18(3)4)29-25(32)23(14-19(5)6)30-26(33)36-15-20-10-8-7-9-11-20/h7-11,17-19,21-23H,12-16H2,1-6H3,(H,28,31)(H,29,32)(H,30,33)/t21-,22-,23-/m0/s1. The second-order valence-corrected chi connectivity index (χ2v) is 12.0. The zero-order valence-corrected chi connectivity index (χ0v) is 23.4. The van der Waals surface area contributed by atoms with Crippen LogP contribution in [0.3, 0.4) is 0 Å². The number of rotatable bonds is 15. The highest BCUT2D eigenvalue weighted by Crippen LogP contribution is 2.12. The van der Waals surface area contributed by atoms with E-state index in [-0.39, 0.29) is 37.2 Å². The maximum absolute atomic E-state index is 13.4. The van der Waals surface area contributed by atoms with Gasteiger partial charge in [-0.1, -0.05) is 71.9 Å². The average Bonchev–Trinajstić information content (AvgIpc) is 2.75. The van der Waals surface area contributed by atoms with Crippen molar-refractivity contribution in [3.63, 3.8) is 0 Å². The van der Waals surface area contributed by atoms with Crippen molar-refractivity contribution in [2.24, 2.45) is 17.8 Å². The number of ether oxygens (including phenoxy) is 1. The number of halogens is 1. The van der Waals surface area contributed by atoms with E-state index in [1.807, 2.05) is 59.7 Å². The van der Waals surface area contributed by atoms with Crippen LogP contribution in [0.25, 0.3) is 0 Å². The molecule has 0 aliphatic rings. The fourth-order valence-corrected chi connectivity index (χ4v) is 4.56. The number of alkyl carbamates (subject to hydrolysis) is 1. The minimum atomic E-state index is -4.82. The van der Waals surface area contributed by atoms with E-state index in [1.54, 1.807) is 12.1 Å². The third kappa shape index (κ3) is 14.6. The molecule has 1 aromatic rings. The van der Waals surface area contributed by atoms with Crippen LogP contribution in [0.4, 0.5) is 8.68 Å². The topological polar surface area (TPSA) is 131 Å². The molecule has 0 fully saturated rings. The molecule has 0 aliphatic carbocycles. The number of carbonyl (C=O) groups excluding carboxylic acids is 3. The van der Waals surface area contributed by atoms with Gasteiger partial charge in [-0.3, -0.25) is 9.59 Å². The van der Waals surface area contributed by atoms with E-state index in [9.17, 15) is 26.7 Å². The van der Waals surface area contributed by atoms with Gasteiger partial charge in [-0.25, -0.2) is 4.79 Å². The fourth-order valence-electron chi connectivity index (χ4n) is 3.86. The Morgan fingerprint density at radius 1 is 0.784 bits per heavy atom. The summed E-state index contributed by atoms with van der Waals surface area (Å²) in [5.74, 6) is -1.95. The summed E-state index contributed by atoms with van der Waals surface area (Å²) in [6.45, 7) is 11.2. The largest absolute Gasteiger partial charge is 0.445 e. The molecular weight excluding hydrogens is 501 g/mol. The molecule has 37 heavy (non-hydrogen) atoms. The summed E-state index contributed by atoms with van der Waals surface area (Å²) in [4.78, 5) is 38.6. The Morgan fingerprint density at radius 2 is 1.27 bits per heavy atom. The summed E-state index contributed by atoms with van der Waals surface area (Å²) in [5, 5.41) is 7.86. The molecular formula is C26H42FN3O6S. The van der Waals surface area contributed by atoms with Crippen LogP contribution >= 0.6 is 0 Å². The molecule has 0 unspecified atom stereocenters. The van der Waals surface area contributed by atoms with Crippen LogP contribution in [0.1, 0.15) is 66.4 Å². The summed E-state index contributed by atoms with van der Waals surface area (Å²) >= 11 is 0. The summed E-state index contributed by atoms with van der Waals surface area (Å²) in [6.07, 6.45) is 0.0568. The van der Waals surface area contributed by atoms with Crippen molar-refractivity contribution in [3.05, 3.63) is 35.9 Å². The van der Waals surface area contributed by atoms with Gasteiger partial charge in [-0.15, -0.1) is 3.89 Å². The predicted octanol–water partition coefficient (Wildman–Crippen LogP) is 3.69. The highest BCUT2D eigenvalue weighted by Gasteiger charge is 2.30. The predicted molar refractivity (Wildman–Crippen MR) is 141 cm³/mol. The molecule has 0 bridgehead atoms. The van der Waals surface area contributed by atoms with E-state index in [1.165, 1.54) is 0 Å². The second kappa shape index (κ2) is 15.5. The van der Waals surface area contributed by atoms with Crippen molar-refractivity contribution in [1.82, 2.24) is 16.0 Å². The lowest BCUT2D eigenvalue weighted by molar-refractivity contribution is -0.131. The first-order valence-corrected chi connectivity index (χ1v) is 14.2. The zero-order chi connectivity index (χ0) is 28.2. The number of hydrogen-bond acceptors (Lipinski definition) is 6. The number of hydrogen-bond donors (Lipinski definition) is 3. The first kappa shape index (κ1) is 32.3. The summed E-state index contributed by atoms with van der Waals surface area (Å²) in [7, 11) is -4.82. The Hall–Kier alpha value is -2.69. The van der Waals surface area contributed by atoms with Crippen molar-refractivity contribution < 1.29 is 31.4 Å². The molecule has 0 aromatic heterocycles. The van der Waals surface area contributed by atoms with Crippen LogP contribution < -0.4 is 16.0 Å². The van der Waals surface area contributed by atoms with Crippen molar-refractivity contribution in [3.8, 4) is 0 Å². The molecule has 0 radical (unpaired) electrons. The van der Waals surface area contributed by atoms with Gasteiger partial charge in [0, 0.05) is 6.04 Å². The minimum absolute atomic E-state index is 0.00621. The fraction of sp³-hybridized carbons (Fsp3) is 0.654. The van der Waals surface area contributed by atoms with Gasteiger partial charge in [0.05, 0.1) is 0 Å². The lowest BCUT2D eigenvalue weighted by Crippen LogP contribution is -2.56. The van der Waals surface area contributed by atoms with Crippen molar-refractivity contribution in [2.45, 2.75) is 85.5 Å². The molecule has 0 heterocycles. The first-order valence-electron chi connectivity index (χ1n) is 12.7. The monoisotopic (exact) mass is 543 g/mol. The molecule has 3 amide bonds. The normalized spacial score (nSPS) is 14.2. The zero-order valence-electron chi connectivity index (χ0n) is 22.6. The van der Waals surface area contributed by atoms with E-state index in [4.69, 9.17) is 4.74 Å². The maximum Gasteiger partial charge on any atom is 0.408 e. The first-order chi connectivity index (χ1) is 17.2. The molecule has 0 aliphatic heterocycles. The van der Waals surface area contributed by atoms with E-state index in [0.29, 0.717) is 6.42 Å². The SMILES string of the molecule is CC(C)C[C@@H](CS(=O)(=O)F)NC(=O)[C@H](CC(C)C)NC(=O)[C@H](CC(C)C)NC(=O)OCc1ccccc1. The third-order valence-corrected chi connectivity index (χ3v) is 6.17. The highest BCUT2D eigenvalue weighted by molar-refractivity contribution is 7.86. The quantitative estimate of drug-likeness (QED) is 0.289. The molecule has 0 spiro atoms. The lowest BCUT2D eigenvalue weighted by Gasteiger charge is -2.27. The summed E-state index contributed by atoms with van der Waals surface area (Å²) in [5.41, 5.74) is 0.794. The molecule has 3 atom stereocenters. The summed E-state index contributed by atoms with van der Waals surface area (Å²) < 4.78 is 41.1. The minimum Gasteiger partial charge on any atom is -0.445 e. The molecule has 11 heteroatoms. The molecule has 1 rings (SSSR count). The molecule has 210 valence electrons. The van der Waals surface area contributed by atoms with Crippen LogP contribution in [0, 0.1) is 17.8 Å². The number of carbonyl (C=O) groups is 3.